The van der Waals surface area contributed by atoms with Crippen LogP contribution >= 0.6 is 0 Å². The molecular formula is C12H13N5O4. The van der Waals surface area contributed by atoms with E-state index in [1.54, 1.807) is 6.92 Å². The van der Waals surface area contributed by atoms with Gasteiger partial charge in [0.15, 0.2) is 0 Å². The number of carbonyl (C=O) groups excluding carboxylic acids is 1. The fourth-order valence-corrected chi connectivity index (χ4v) is 1.64. The summed E-state index contributed by atoms with van der Waals surface area (Å²) < 4.78 is 0. The van der Waals surface area contributed by atoms with E-state index in [0.717, 1.165) is 6.07 Å². The van der Waals surface area contributed by atoms with Crippen molar-refractivity contribution in [2.45, 2.75) is 13.0 Å². The first-order valence-corrected chi connectivity index (χ1v) is 5.96. The van der Waals surface area contributed by atoms with Gasteiger partial charge < -0.3 is 20.8 Å². The Morgan fingerprint density at radius 3 is 2.76 bits per heavy atom. The Balaban J connectivity index is 2.03. The summed E-state index contributed by atoms with van der Waals surface area (Å²) in [6.07, 6.45) is 1.32. The first kappa shape index (κ1) is 14.3. The number of carboxylic acids is 1. The molecule has 0 saturated carbocycles. The molecule has 9 heteroatoms. The molecule has 0 bridgehead atoms. The lowest BCUT2D eigenvalue weighted by atomic mass is 10.2. The summed E-state index contributed by atoms with van der Waals surface area (Å²) in [6.45, 7) is 1.71. The van der Waals surface area contributed by atoms with Crippen LogP contribution in [0, 0.1) is 0 Å². The van der Waals surface area contributed by atoms with Crippen molar-refractivity contribution in [1.82, 2.24) is 20.5 Å². The Hall–Kier alpha value is -3.10. The maximum absolute atomic E-state index is 11.8. The Kier molecular flexibility index (Phi) is 4.02. The van der Waals surface area contributed by atoms with E-state index in [4.69, 9.17) is 5.11 Å². The zero-order valence-electron chi connectivity index (χ0n) is 11.0. The van der Waals surface area contributed by atoms with E-state index < -0.39 is 18.0 Å². The highest BCUT2D eigenvalue weighted by Gasteiger charge is 2.14. The van der Waals surface area contributed by atoms with E-state index >= 15 is 0 Å². The van der Waals surface area contributed by atoms with Crippen LogP contribution in [0.5, 0.6) is 5.75 Å². The zero-order chi connectivity index (χ0) is 15.4. The van der Waals surface area contributed by atoms with Crippen LogP contribution in [0.4, 0.5) is 10.5 Å². The Labute approximate surface area is 119 Å². The number of aromatic amines is 1. The average Bonchev–Trinajstić information content (AvgIpc) is 2.94. The normalized spacial score (nSPS) is 11.7. The molecule has 2 amide bonds. The van der Waals surface area contributed by atoms with Crippen molar-refractivity contribution in [3.63, 3.8) is 0 Å². The number of nitrogens with zero attached hydrogens (tertiary/aromatic N) is 2. The average molecular weight is 291 g/mol. The van der Waals surface area contributed by atoms with E-state index in [1.807, 2.05) is 0 Å². The third-order valence-corrected chi connectivity index (χ3v) is 2.68. The van der Waals surface area contributed by atoms with E-state index in [9.17, 15) is 14.7 Å². The standard InChI is InChI=1S/C12H13N5O4/c1-6(10-13-5-14-17-10)15-12(21)16-7-2-3-9(18)8(4-7)11(19)20/h2-6,18H,1H3,(H,19,20)(H,13,14,17)(H2,15,16,21). The summed E-state index contributed by atoms with van der Waals surface area (Å²) in [5.41, 5.74) is -0.0523. The number of hydrogen-bond acceptors (Lipinski definition) is 5. The molecule has 1 unspecified atom stereocenters. The van der Waals surface area contributed by atoms with Crippen LogP contribution in [0.2, 0.25) is 0 Å². The summed E-state index contributed by atoms with van der Waals surface area (Å²) >= 11 is 0. The molecule has 0 radical (unpaired) electrons. The summed E-state index contributed by atoms with van der Waals surface area (Å²) in [5.74, 6) is -1.17. The maximum Gasteiger partial charge on any atom is 0.339 e. The van der Waals surface area contributed by atoms with Crippen molar-refractivity contribution >= 4 is 17.7 Å². The lowest BCUT2D eigenvalue weighted by Gasteiger charge is -2.12. The highest BCUT2D eigenvalue weighted by atomic mass is 16.4. The molecule has 1 aromatic carbocycles. The van der Waals surface area contributed by atoms with Crippen LogP contribution in [0.3, 0.4) is 0 Å². The lowest BCUT2D eigenvalue weighted by molar-refractivity contribution is 0.0693. The highest BCUT2D eigenvalue weighted by molar-refractivity contribution is 5.95. The monoisotopic (exact) mass is 291 g/mol. The molecule has 21 heavy (non-hydrogen) atoms. The van der Waals surface area contributed by atoms with Gasteiger partial charge >= 0.3 is 12.0 Å². The summed E-state index contributed by atoms with van der Waals surface area (Å²) in [6, 6.07) is 2.81. The van der Waals surface area contributed by atoms with Gasteiger partial charge in [0.25, 0.3) is 0 Å². The second-order valence-corrected chi connectivity index (χ2v) is 4.23. The summed E-state index contributed by atoms with van der Waals surface area (Å²) in [5, 5.41) is 29.6. The number of H-pyrrole nitrogens is 1. The second-order valence-electron chi connectivity index (χ2n) is 4.23. The summed E-state index contributed by atoms with van der Waals surface area (Å²) in [7, 11) is 0. The minimum Gasteiger partial charge on any atom is -0.507 e. The van der Waals surface area contributed by atoms with Gasteiger partial charge in [-0.25, -0.2) is 14.6 Å². The fourth-order valence-electron chi connectivity index (χ4n) is 1.64. The maximum atomic E-state index is 11.8. The fraction of sp³-hybridized carbons (Fsp3) is 0.167. The largest absolute Gasteiger partial charge is 0.507 e. The quantitative estimate of drug-likeness (QED) is 0.534. The number of anilines is 1. The van der Waals surface area contributed by atoms with Crippen LogP contribution in [-0.4, -0.2) is 37.4 Å². The van der Waals surface area contributed by atoms with Gasteiger partial charge in [0, 0.05) is 5.69 Å². The molecule has 9 nitrogen and oxygen atoms in total. The number of rotatable bonds is 4. The lowest BCUT2D eigenvalue weighted by Crippen LogP contribution is -2.31. The molecule has 2 aromatic rings. The van der Waals surface area contributed by atoms with Crippen molar-refractivity contribution in [3.05, 3.63) is 35.9 Å². The minimum absolute atomic E-state index is 0.243. The molecule has 1 atom stereocenters. The molecule has 0 aliphatic rings. The van der Waals surface area contributed by atoms with Gasteiger partial charge in [0.05, 0.1) is 6.04 Å². The van der Waals surface area contributed by atoms with E-state index in [2.05, 4.69) is 25.8 Å². The number of nitrogens with one attached hydrogen (secondary N) is 3. The number of hydrogen-bond donors (Lipinski definition) is 5. The SMILES string of the molecule is CC(NC(=O)Nc1ccc(O)c(C(=O)O)c1)c1ncn[nH]1. The van der Waals surface area contributed by atoms with Gasteiger partial charge in [-0.05, 0) is 25.1 Å². The molecular weight excluding hydrogens is 278 g/mol. The molecule has 1 heterocycles. The predicted molar refractivity (Wildman–Crippen MR) is 72.0 cm³/mol. The van der Waals surface area contributed by atoms with Crippen molar-refractivity contribution in [2.24, 2.45) is 0 Å². The van der Waals surface area contributed by atoms with Crippen LogP contribution in [0.25, 0.3) is 0 Å². The third-order valence-electron chi connectivity index (χ3n) is 2.68. The van der Waals surface area contributed by atoms with Crippen LogP contribution < -0.4 is 10.6 Å². The molecule has 0 spiro atoms. The van der Waals surface area contributed by atoms with E-state index in [1.165, 1.54) is 18.5 Å². The van der Waals surface area contributed by atoms with E-state index in [-0.39, 0.29) is 17.0 Å². The Morgan fingerprint density at radius 1 is 1.38 bits per heavy atom. The smallest absolute Gasteiger partial charge is 0.339 e. The molecule has 110 valence electrons. The number of benzene rings is 1. The van der Waals surface area contributed by atoms with Gasteiger partial charge in [0.1, 0.15) is 23.5 Å². The number of carboxylic acid groups (broad SMARTS) is 1. The Morgan fingerprint density at radius 2 is 2.14 bits per heavy atom. The molecule has 1 aromatic heterocycles. The third kappa shape index (κ3) is 3.47. The number of aromatic carboxylic acids is 1. The van der Waals surface area contributed by atoms with E-state index in [0.29, 0.717) is 5.82 Å². The molecule has 0 fully saturated rings. The molecule has 0 aliphatic carbocycles. The topological polar surface area (TPSA) is 140 Å². The first-order chi connectivity index (χ1) is 9.97. The summed E-state index contributed by atoms with van der Waals surface area (Å²) in [4.78, 5) is 26.6. The van der Waals surface area contributed by atoms with Gasteiger partial charge in [-0.3, -0.25) is 5.10 Å². The van der Waals surface area contributed by atoms with Crippen molar-refractivity contribution in [1.29, 1.82) is 0 Å². The Bertz CT molecular complexity index is 656. The number of aromatic nitrogens is 3. The molecule has 0 aliphatic heterocycles. The zero-order valence-corrected chi connectivity index (χ0v) is 11.0. The predicted octanol–water partition coefficient (Wildman–Crippen LogP) is 1.09. The molecule has 0 saturated heterocycles. The van der Waals surface area contributed by atoms with Crippen LogP contribution in [0.1, 0.15) is 29.1 Å². The molecule has 5 N–H and O–H groups in total. The van der Waals surface area contributed by atoms with Crippen LogP contribution in [0.15, 0.2) is 24.5 Å². The number of phenols is 1. The molecule has 2 rings (SSSR count). The van der Waals surface area contributed by atoms with Crippen molar-refractivity contribution in [3.8, 4) is 5.75 Å². The number of urea groups is 1. The van der Waals surface area contributed by atoms with Gasteiger partial charge in [-0.15, -0.1) is 0 Å². The highest BCUT2D eigenvalue weighted by Crippen LogP contribution is 2.21. The van der Waals surface area contributed by atoms with Crippen molar-refractivity contribution < 1.29 is 19.8 Å². The first-order valence-electron chi connectivity index (χ1n) is 5.96. The number of carbonyl (C=O) groups is 2. The number of aromatic hydroxyl groups is 1. The minimum atomic E-state index is -1.29. The van der Waals surface area contributed by atoms with Gasteiger partial charge in [-0.1, -0.05) is 0 Å². The van der Waals surface area contributed by atoms with Crippen LogP contribution in [-0.2, 0) is 0 Å². The van der Waals surface area contributed by atoms with Gasteiger partial charge in [-0.2, -0.15) is 5.10 Å². The number of amides is 2. The second kappa shape index (κ2) is 5.90. The van der Waals surface area contributed by atoms with Crippen molar-refractivity contribution in [2.75, 3.05) is 5.32 Å². The van der Waals surface area contributed by atoms with Gasteiger partial charge in [0.2, 0.25) is 0 Å².